The molecule has 0 bridgehead atoms. The number of halogens is 6. The summed E-state index contributed by atoms with van der Waals surface area (Å²) in [6.07, 6.45) is -8.30. The van der Waals surface area contributed by atoms with Gasteiger partial charge in [0.25, 0.3) is 0 Å². The smallest absolute Gasteiger partial charge is 0.307 e. The van der Waals surface area contributed by atoms with E-state index in [1.807, 2.05) is 65.2 Å². The van der Waals surface area contributed by atoms with E-state index in [4.69, 9.17) is 4.98 Å². The molecule has 0 fully saturated rings. The van der Waals surface area contributed by atoms with Gasteiger partial charge in [0.1, 0.15) is 5.82 Å². The third kappa shape index (κ3) is 6.45. The van der Waals surface area contributed by atoms with E-state index in [1.165, 1.54) is 6.07 Å². The lowest BCUT2D eigenvalue weighted by Crippen LogP contribution is -2.11. The van der Waals surface area contributed by atoms with Gasteiger partial charge in [0.05, 0.1) is 56.7 Å². The first-order chi connectivity index (χ1) is 29.8. The van der Waals surface area contributed by atoms with Crippen LogP contribution >= 0.6 is 0 Å². The minimum Gasteiger partial charge on any atom is -0.307 e. The molecule has 3 heterocycles. The van der Waals surface area contributed by atoms with Crippen LogP contribution in [0.5, 0.6) is 0 Å². The number of nitriles is 1. The second-order valence-corrected chi connectivity index (χ2v) is 15.6. The van der Waals surface area contributed by atoms with Crippen LogP contribution in [0.15, 0.2) is 158 Å². The fourth-order valence-corrected chi connectivity index (χ4v) is 8.84. The van der Waals surface area contributed by atoms with Crippen LogP contribution in [-0.4, -0.2) is 14.1 Å². The Morgan fingerprint density at radius 3 is 1.55 bits per heavy atom. The van der Waals surface area contributed by atoms with Crippen molar-refractivity contribution in [3.63, 3.8) is 0 Å². The molecule has 3 aromatic heterocycles. The molecular formula is C52H32F6N4. The van der Waals surface area contributed by atoms with Crippen molar-refractivity contribution in [3.05, 3.63) is 186 Å². The summed E-state index contributed by atoms with van der Waals surface area (Å²) in [6, 6.07) is 46.4. The highest BCUT2D eigenvalue weighted by molar-refractivity contribution is 6.12. The van der Waals surface area contributed by atoms with Gasteiger partial charge in [0, 0.05) is 32.7 Å². The first-order valence-corrected chi connectivity index (χ1v) is 19.7. The van der Waals surface area contributed by atoms with E-state index in [1.54, 1.807) is 30.5 Å². The molecule has 0 saturated heterocycles. The highest BCUT2D eigenvalue weighted by Gasteiger charge is 2.37. The van der Waals surface area contributed by atoms with Gasteiger partial charge < -0.3 is 4.57 Å². The van der Waals surface area contributed by atoms with E-state index in [0.717, 1.165) is 72.5 Å². The zero-order valence-corrected chi connectivity index (χ0v) is 33.1. The van der Waals surface area contributed by atoms with Crippen molar-refractivity contribution in [1.82, 2.24) is 14.1 Å². The standard InChI is InChI=1S/C52H32F6N4/c1-30-19-31(2)21-35(20-30)32-15-18-43-41-12-6-8-14-46(41)62(48(43)25-32)50-27-44(39-10-4-3-9-34(39)28-59)49(29-60-50)61-45-13-7-5-11-40(45)42-17-16-33(24-47(42)61)36-22-37(51(53,54)55)26-38(23-36)52(56,57)58/h3-27,29H,1-2H3. The summed E-state index contributed by atoms with van der Waals surface area (Å²) >= 11 is 0. The Labute approximate surface area is 351 Å². The lowest BCUT2D eigenvalue weighted by molar-refractivity contribution is -0.143. The van der Waals surface area contributed by atoms with E-state index >= 15 is 0 Å². The van der Waals surface area contributed by atoms with Gasteiger partial charge in [-0.2, -0.15) is 31.6 Å². The number of aryl methyl sites for hydroxylation is 2. The number of para-hydroxylation sites is 2. The SMILES string of the molecule is Cc1cc(C)cc(-c2ccc3c4ccccc4n(-c4cc(-c5ccccc5C#N)c(-n5c6ccccc6c6ccc(-c7cc(C(F)(F)F)cc(C(F)(F)F)c7)cc65)cn4)c3c2)c1. The number of aromatic nitrogens is 3. The number of fused-ring (bicyclic) bond motifs is 6. The van der Waals surface area contributed by atoms with Crippen molar-refractivity contribution < 1.29 is 26.3 Å². The number of pyridine rings is 1. The van der Waals surface area contributed by atoms with Crippen LogP contribution in [0.1, 0.15) is 27.8 Å². The molecule has 7 aromatic carbocycles. The number of benzene rings is 7. The Morgan fingerprint density at radius 1 is 0.468 bits per heavy atom. The predicted molar refractivity (Wildman–Crippen MR) is 233 cm³/mol. The van der Waals surface area contributed by atoms with Crippen molar-refractivity contribution in [2.45, 2.75) is 26.2 Å². The molecule has 10 heteroatoms. The van der Waals surface area contributed by atoms with Crippen LogP contribution in [0.2, 0.25) is 0 Å². The van der Waals surface area contributed by atoms with Gasteiger partial charge in [-0.05, 0) is 90.7 Å². The zero-order chi connectivity index (χ0) is 43.1. The molecule has 4 nitrogen and oxygen atoms in total. The monoisotopic (exact) mass is 826 g/mol. The molecule has 10 rings (SSSR count). The highest BCUT2D eigenvalue weighted by atomic mass is 19.4. The summed E-state index contributed by atoms with van der Waals surface area (Å²) in [6.45, 7) is 4.15. The van der Waals surface area contributed by atoms with Crippen LogP contribution in [0.4, 0.5) is 26.3 Å². The van der Waals surface area contributed by atoms with E-state index in [2.05, 4.69) is 66.9 Å². The van der Waals surface area contributed by atoms with Crippen LogP contribution in [0, 0.1) is 25.2 Å². The van der Waals surface area contributed by atoms with Gasteiger partial charge in [0.2, 0.25) is 0 Å². The molecule has 0 aliphatic carbocycles. The Bertz CT molecular complexity index is 3440. The second-order valence-electron chi connectivity index (χ2n) is 15.6. The van der Waals surface area contributed by atoms with E-state index in [9.17, 15) is 31.6 Å². The summed E-state index contributed by atoms with van der Waals surface area (Å²) in [5, 5.41) is 14.0. The van der Waals surface area contributed by atoms with Crippen molar-refractivity contribution in [1.29, 1.82) is 5.26 Å². The molecule has 0 unspecified atom stereocenters. The summed E-state index contributed by atoms with van der Waals surface area (Å²) in [5.74, 6) is 0.574. The molecule has 0 N–H and O–H groups in total. The molecule has 0 radical (unpaired) electrons. The first-order valence-electron chi connectivity index (χ1n) is 19.7. The zero-order valence-electron chi connectivity index (χ0n) is 33.1. The number of hydrogen-bond acceptors (Lipinski definition) is 2. The highest BCUT2D eigenvalue weighted by Crippen LogP contribution is 2.43. The van der Waals surface area contributed by atoms with Gasteiger partial charge in [-0.15, -0.1) is 0 Å². The van der Waals surface area contributed by atoms with Gasteiger partial charge in [0.15, 0.2) is 0 Å². The lowest BCUT2D eigenvalue weighted by atomic mass is 9.98. The molecule has 0 amide bonds. The average Bonchev–Trinajstić information content (AvgIpc) is 3.77. The van der Waals surface area contributed by atoms with E-state index < -0.39 is 23.5 Å². The molecule has 302 valence electrons. The average molecular weight is 827 g/mol. The number of rotatable bonds is 5. The quantitative estimate of drug-likeness (QED) is 0.162. The van der Waals surface area contributed by atoms with Crippen LogP contribution < -0.4 is 0 Å². The fourth-order valence-electron chi connectivity index (χ4n) is 8.84. The molecular weight excluding hydrogens is 795 g/mol. The van der Waals surface area contributed by atoms with Gasteiger partial charge in [-0.3, -0.25) is 4.57 Å². The molecule has 62 heavy (non-hydrogen) atoms. The van der Waals surface area contributed by atoms with Crippen LogP contribution in [0.3, 0.4) is 0 Å². The maximum absolute atomic E-state index is 14.0. The van der Waals surface area contributed by atoms with Crippen molar-refractivity contribution >= 4 is 43.6 Å². The molecule has 0 spiro atoms. The number of nitrogens with zero attached hydrogens (tertiary/aromatic N) is 4. The second kappa shape index (κ2) is 14.2. The fraction of sp³-hybridized carbons (Fsp3) is 0.0769. The topological polar surface area (TPSA) is 46.5 Å². The summed E-state index contributed by atoms with van der Waals surface area (Å²) in [7, 11) is 0. The molecule has 0 saturated carbocycles. The molecule has 0 aliphatic rings. The number of alkyl halides is 6. The Morgan fingerprint density at radius 2 is 0.968 bits per heavy atom. The molecule has 0 aliphatic heterocycles. The minimum atomic E-state index is -5.01. The lowest BCUT2D eigenvalue weighted by Gasteiger charge is -2.18. The third-order valence-corrected chi connectivity index (χ3v) is 11.5. The molecule has 0 atom stereocenters. The maximum Gasteiger partial charge on any atom is 0.416 e. The van der Waals surface area contributed by atoms with Crippen LogP contribution in [-0.2, 0) is 12.4 Å². The predicted octanol–water partition coefficient (Wildman–Crippen LogP) is 14.8. The van der Waals surface area contributed by atoms with E-state index in [0.29, 0.717) is 33.7 Å². The normalized spacial score (nSPS) is 12.2. The van der Waals surface area contributed by atoms with Gasteiger partial charge >= 0.3 is 12.4 Å². The van der Waals surface area contributed by atoms with Crippen molar-refractivity contribution in [2.24, 2.45) is 0 Å². The Hall–Kier alpha value is -7.64. The summed E-state index contributed by atoms with van der Waals surface area (Å²) in [5.41, 5.74) is 6.82. The van der Waals surface area contributed by atoms with Crippen molar-refractivity contribution in [2.75, 3.05) is 0 Å². The first kappa shape index (κ1) is 38.6. The van der Waals surface area contributed by atoms with Gasteiger partial charge in [-0.25, -0.2) is 4.98 Å². The summed E-state index contributed by atoms with van der Waals surface area (Å²) < 4.78 is 88.2. The van der Waals surface area contributed by atoms with Crippen molar-refractivity contribution in [3.8, 4) is 51.0 Å². The van der Waals surface area contributed by atoms with Gasteiger partial charge in [-0.1, -0.05) is 108 Å². The Balaban J connectivity index is 1.26. The number of hydrogen-bond donors (Lipinski definition) is 0. The summed E-state index contributed by atoms with van der Waals surface area (Å²) in [4.78, 5) is 5.13. The largest absolute Gasteiger partial charge is 0.416 e. The third-order valence-electron chi connectivity index (χ3n) is 11.5. The minimum absolute atomic E-state index is 0.132. The maximum atomic E-state index is 14.0. The van der Waals surface area contributed by atoms with E-state index in [-0.39, 0.29) is 17.2 Å². The van der Waals surface area contributed by atoms with Crippen LogP contribution in [0.25, 0.3) is 88.5 Å². The molecule has 10 aromatic rings. The Kier molecular flexibility index (Phi) is 8.85.